The van der Waals surface area contributed by atoms with E-state index in [4.69, 9.17) is 9.15 Å². The summed E-state index contributed by atoms with van der Waals surface area (Å²) < 4.78 is 11.1. The maximum absolute atomic E-state index is 12.1. The molecule has 0 saturated heterocycles. The Balaban J connectivity index is 1.49. The van der Waals surface area contributed by atoms with Crippen molar-refractivity contribution in [3.05, 3.63) is 53.5 Å². The predicted molar refractivity (Wildman–Crippen MR) is 91.2 cm³/mol. The molecule has 0 fully saturated rings. The summed E-state index contributed by atoms with van der Waals surface area (Å²) in [6, 6.07) is 10.0. The number of fused-ring (bicyclic) bond motifs is 1. The third-order valence-corrected chi connectivity index (χ3v) is 4.53. The number of ether oxygens (including phenoxy) is 1. The van der Waals surface area contributed by atoms with Gasteiger partial charge in [0.15, 0.2) is 18.4 Å². The van der Waals surface area contributed by atoms with Crippen LogP contribution in [0, 0.1) is 0 Å². The number of quaternary nitrogens is 1. The minimum Gasteiger partial charge on any atom is -0.484 e. The van der Waals surface area contributed by atoms with Crippen molar-refractivity contribution in [3.8, 4) is 5.75 Å². The molecular formula is C19H25N2O3+. The second-order valence-corrected chi connectivity index (χ2v) is 6.52. The van der Waals surface area contributed by atoms with Crippen LogP contribution in [0.1, 0.15) is 29.3 Å². The van der Waals surface area contributed by atoms with Crippen molar-refractivity contribution in [2.75, 3.05) is 27.2 Å². The minimum absolute atomic E-state index is 0.0342. The molecule has 2 aromatic rings. The van der Waals surface area contributed by atoms with E-state index in [9.17, 15) is 4.79 Å². The van der Waals surface area contributed by atoms with E-state index in [-0.39, 0.29) is 18.6 Å². The molecule has 128 valence electrons. The summed E-state index contributed by atoms with van der Waals surface area (Å²) in [4.78, 5) is 13.3. The van der Waals surface area contributed by atoms with Gasteiger partial charge < -0.3 is 19.4 Å². The number of benzene rings is 1. The van der Waals surface area contributed by atoms with Crippen LogP contribution < -0.4 is 15.0 Å². The smallest absolute Gasteiger partial charge is 0.258 e. The summed E-state index contributed by atoms with van der Waals surface area (Å²) in [6.45, 7) is 0.550. The number of nitrogens with one attached hydrogen (secondary N) is 2. The molecule has 5 nitrogen and oxygen atoms in total. The van der Waals surface area contributed by atoms with Gasteiger partial charge in [0.25, 0.3) is 5.91 Å². The van der Waals surface area contributed by atoms with Gasteiger partial charge >= 0.3 is 0 Å². The molecule has 0 unspecified atom stereocenters. The molecule has 0 aliphatic heterocycles. The van der Waals surface area contributed by atoms with Crippen LogP contribution in [-0.4, -0.2) is 33.2 Å². The highest BCUT2D eigenvalue weighted by molar-refractivity contribution is 5.77. The van der Waals surface area contributed by atoms with E-state index in [2.05, 4.69) is 17.4 Å². The van der Waals surface area contributed by atoms with E-state index in [1.54, 1.807) is 6.26 Å². The van der Waals surface area contributed by atoms with Crippen molar-refractivity contribution in [1.29, 1.82) is 0 Å². The second kappa shape index (κ2) is 7.53. The lowest BCUT2D eigenvalue weighted by molar-refractivity contribution is -0.891. The van der Waals surface area contributed by atoms with Crippen molar-refractivity contribution in [3.63, 3.8) is 0 Å². The zero-order chi connectivity index (χ0) is 16.9. The van der Waals surface area contributed by atoms with Crippen LogP contribution in [0.4, 0.5) is 0 Å². The topological polar surface area (TPSA) is 55.9 Å². The zero-order valence-corrected chi connectivity index (χ0v) is 14.3. The largest absolute Gasteiger partial charge is 0.484 e. The van der Waals surface area contributed by atoms with Gasteiger partial charge in [-0.15, -0.1) is 0 Å². The van der Waals surface area contributed by atoms with Crippen molar-refractivity contribution in [1.82, 2.24) is 5.32 Å². The number of amides is 1. The number of hydrogen-bond donors (Lipinski definition) is 2. The first kappa shape index (κ1) is 16.6. The second-order valence-electron chi connectivity index (χ2n) is 6.52. The molecule has 24 heavy (non-hydrogen) atoms. The van der Waals surface area contributed by atoms with Gasteiger partial charge in [0.2, 0.25) is 0 Å². The molecule has 1 heterocycles. The van der Waals surface area contributed by atoms with Gasteiger partial charge in [0.05, 0.1) is 26.9 Å². The summed E-state index contributed by atoms with van der Waals surface area (Å²) in [5, 5.41) is 2.93. The molecule has 1 amide bonds. The average molecular weight is 329 g/mol. The Hall–Kier alpha value is -2.27. The van der Waals surface area contributed by atoms with Crippen molar-refractivity contribution in [2.45, 2.75) is 25.3 Å². The molecule has 3 rings (SSSR count). The van der Waals surface area contributed by atoms with Crippen molar-refractivity contribution in [2.24, 2.45) is 0 Å². The highest BCUT2D eigenvalue weighted by Crippen LogP contribution is 2.25. The molecule has 1 aromatic carbocycles. The lowest BCUT2D eigenvalue weighted by Crippen LogP contribution is -3.07. The van der Waals surface area contributed by atoms with Gasteiger partial charge in [-0.25, -0.2) is 0 Å². The van der Waals surface area contributed by atoms with Crippen LogP contribution in [0.2, 0.25) is 0 Å². The fourth-order valence-electron chi connectivity index (χ4n) is 3.13. The zero-order valence-electron chi connectivity index (χ0n) is 14.3. The van der Waals surface area contributed by atoms with Gasteiger partial charge in [0, 0.05) is 0 Å². The van der Waals surface area contributed by atoms with E-state index in [1.165, 1.54) is 22.4 Å². The summed E-state index contributed by atoms with van der Waals surface area (Å²) >= 11 is 0. The van der Waals surface area contributed by atoms with Crippen molar-refractivity contribution < 1.29 is 18.8 Å². The highest BCUT2D eigenvalue weighted by Gasteiger charge is 2.21. The van der Waals surface area contributed by atoms with Crippen LogP contribution >= 0.6 is 0 Å². The maximum Gasteiger partial charge on any atom is 0.258 e. The molecule has 0 bridgehead atoms. The first-order chi connectivity index (χ1) is 11.6. The fourth-order valence-corrected chi connectivity index (χ4v) is 3.13. The summed E-state index contributed by atoms with van der Waals surface area (Å²) in [7, 11) is 4.08. The number of carbonyl (C=O) groups excluding carboxylic acids is 1. The van der Waals surface area contributed by atoms with E-state index in [0.717, 1.165) is 24.4 Å². The van der Waals surface area contributed by atoms with Crippen LogP contribution in [0.5, 0.6) is 5.75 Å². The molecule has 5 heteroatoms. The van der Waals surface area contributed by atoms with Gasteiger partial charge in [0.1, 0.15) is 5.75 Å². The lowest BCUT2D eigenvalue weighted by Gasteiger charge is -2.19. The van der Waals surface area contributed by atoms with Gasteiger partial charge in [-0.05, 0) is 54.7 Å². The first-order valence-corrected chi connectivity index (χ1v) is 8.48. The highest BCUT2D eigenvalue weighted by atomic mass is 16.5. The summed E-state index contributed by atoms with van der Waals surface area (Å²) in [5.74, 6) is 1.52. The third-order valence-electron chi connectivity index (χ3n) is 4.53. The number of rotatable bonds is 7. The predicted octanol–water partition coefficient (Wildman–Crippen LogP) is 1.15. The Labute approximate surface area is 142 Å². The summed E-state index contributed by atoms with van der Waals surface area (Å²) in [6.07, 6.45) is 5.12. The number of hydrogen-bond acceptors (Lipinski definition) is 3. The Morgan fingerprint density at radius 3 is 2.88 bits per heavy atom. The Morgan fingerprint density at radius 1 is 1.29 bits per heavy atom. The van der Waals surface area contributed by atoms with E-state index in [1.807, 2.05) is 32.3 Å². The van der Waals surface area contributed by atoms with Crippen molar-refractivity contribution >= 4 is 5.91 Å². The van der Waals surface area contributed by atoms with Gasteiger partial charge in [-0.1, -0.05) is 6.07 Å². The molecule has 1 aliphatic rings. The number of furan rings is 1. The molecule has 1 atom stereocenters. The molecular weight excluding hydrogens is 304 g/mol. The first-order valence-electron chi connectivity index (χ1n) is 8.48. The number of aryl methyl sites for hydroxylation is 2. The maximum atomic E-state index is 12.1. The quantitative estimate of drug-likeness (QED) is 0.801. The normalized spacial score (nSPS) is 14.5. The van der Waals surface area contributed by atoms with Gasteiger partial charge in [-0.2, -0.15) is 0 Å². The Morgan fingerprint density at radius 2 is 2.12 bits per heavy atom. The molecule has 2 N–H and O–H groups in total. The number of carbonyl (C=O) groups is 1. The van der Waals surface area contributed by atoms with E-state index < -0.39 is 0 Å². The fraction of sp³-hybridized carbons (Fsp3) is 0.421. The molecule has 1 aliphatic carbocycles. The van der Waals surface area contributed by atoms with Crippen LogP contribution in [-0.2, 0) is 17.6 Å². The standard InChI is InChI=1S/C19H24N2O3/c1-21(2)17(18-7-4-10-23-18)12-20-19(22)13-24-16-9-8-14-5-3-6-15(14)11-16/h4,7-11,17H,3,5-6,12-13H2,1-2H3,(H,20,22)/p+1/t17-/m0/s1. The average Bonchev–Trinajstić information content (AvgIpc) is 3.23. The molecule has 0 spiro atoms. The SMILES string of the molecule is C[NH+](C)[C@@H](CNC(=O)COc1ccc2c(c1)CCC2)c1ccco1. The monoisotopic (exact) mass is 329 g/mol. The van der Waals surface area contributed by atoms with E-state index in [0.29, 0.717) is 6.54 Å². The molecule has 0 radical (unpaired) electrons. The Kier molecular flexibility index (Phi) is 5.20. The third kappa shape index (κ3) is 3.97. The van der Waals surface area contributed by atoms with Crippen LogP contribution in [0.15, 0.2) is 41.0 Å². The molecule has 0 saturated carbocycles. The number of likely N-dealkylation sites (N-methyl/N-ethyl adjacent to an activating group) is 1. The summed E-state index contributed by atoms with van der Waals surface area (Å²) in [5.41, 5.74) is 2.75. The van der Waals surface area contributed by atoms with E-state index >= 15 is 0 Å². The van der Waals surface area contributed by atoms with Gasteiger partial charge in [-0.3, -0.25) is 4.79 Å². The van der Waals surface area contributed by atoms with Crippen LogP contribution in [0.25, 0.3) is 0 Å². The minimum atomic E-state index is -0.117. The Bertz CT molecular complexity index is 680. The van der Waals surface area contributed by atoms with Crippen LogP contribution in [0.3, 0.4) is 0 Å². The molecule has 1 aromatic heterocycles. The lowest BCUT2D eigenvalue weighted by atomic mass is 10.1.